The van der Waals surface area contributed by atoms with E-state index in [-0.39, 0.29) is 0 Å². The number of hydrogen-bond acceptors (Lipinski definition) is 14. The van der Waals surface area contributed by atoms with E-state index < -0.39 is 0 Å². The van der Waals surface area contributed by atoms with Crippen molar-refractivity contribution in [2.24, 2.45) is 11.8 Å². The van der Waals surface area contributed by atoms with Crippen molar-refractivity contribution in [1.29, 1.82) is 0 Å². The Morgan fingerprint density at radius 3 is 1.85 bits per heavy atom. The number of anilines is 6. The minimum atomic E-state index is 0.329. The molecule has 6 heterocycles. The molecular weight excluding hydrogens is 672 g/mol. The monoisotopic (exact) mass is 714 g/mol. The maximum absolute atomic E-state index is 6.25. The molecular formula is C39H42N10O4. The molecule has 0 spiro atoms. The minimum absolute atomic E-state index is 0.329. The smallest absolute Gasteiger partial charge is 0.230 e. The number of nitrogens with one attached hydrogen (secondary N) is 2. The molecule has 2 aliphatic rings. The van der Waals surface area contributed by atoms with Crippen LogP contribution < -0.4 is 29.9 Å². The van der Waals surface area contributed by atoms with Gasteiger partial charge in [0.25, 0.3) is 0 Å². The van der Waals surface area contributed by atoms with E-state index in [1.54, 1.807) is 19.5 Å². The molecule has 53 heavy (non-hydrogen) atoms. The zero-order valence-corrected chi connectivity index (χ0v) is 29.8. The number of aromatic nitrogens is 6. The summed E-state index contributed by atoms with van der Waals surface area (Å²) in [4.78, 5) is 23.0. The van der Waals surface area contributed by atoms with Crippen LogP contribution >= 0.6 is 0 Å². The van der Waals surface area contributed by atoms with Gasteiger partial charge in [-0.3, -0.25) is 0 Å². The fraction of sp³-hybridized carbons (Fsp3) is 0.333. The maximum atomic E-state index is 6.25. The maximum Gasteiger partial charge on any atom is 0.230 e. The van der Waals surface area contributed by atoms with E-state index in [9.17, 15) is 0 Å². The van der Waals surface area contributed by atoms with Gasteiger partial charge in [-0.05, 0) is 92.3 Å². The molecule has 8 rings (SSSR count). The molecule has 0 radical (unpaired) electrons. The Balaban J connectivity index is 0.828. The van der Waals surface area contributed by atoms with Crippen LogP contribution in [0.3, 0.4) is 0 Å². The first-order chi connectivity index (χ1) is 26.0. The van der Waals surface area contributed by atoms with E-state index in [1.807, 2.05) is 72.8 Å². The summed E-state index contributed by atoms with van der Waals surface area (Å²) in [5.41, 5.74) is 3.29. The number of benzene rings is 2. The number of ether oxygens (including phenoxy) is 2. The first-order valence-electron chi connectivity index (χ1n) is 18.1. The second kappa shape index (κ2) is 15.6. The summed E-state index contributed by atoms with van der Waals surface area (Å²) in [7, 11) is 1.64. The molecule has 2 N–H and O–H groups in total. The number of rotatable bonds is 12. The molecule has 2 saturated heterocycles. The molecule has 2 aromatic carbocycles. The second-order valence-corrected chi connectivity index (χ2v) is 13.6. The summed E-state index contributed by atoms with van der Waals surface area (Å²) < 4.78 is 22.6. The Kier molecular flexibility index (Phi) is 9.99. The molecule has 272 valence electrons. The molecule has 0 bridgehead atoms. The van der Waals surface area contributed by atoms with Crippen molar-refractivity contribution in [1.82, 2.24) is 30.2 Å². The average Bonchev–Trinajstić information content (AvgIpc) is 3.88. The summed E-state index contributed by atoms with van der Waals surface area (Å²) in [6.07, 6.45) is 7.92. The Morgan fingerprint density at radius 2 is 1.26 bits per heavy atom. The van der Waals surface area contributed by atoms with E-state index in [0.29, 0.717) is 47.6 Å². The predicted molar refractivity (Wildman–Crippen MR) is 202 cm³/mol. The lowest BCUT2D eigenvalue weighted by molar-refractivity contribution is 0.228. The van der Waals surface area contributed by atoms with Crippen molar-refractivity contribution in [2.75, 3.05) is 60.3 Å². The van der Waals surface area contributed by atoms with Gasteiger partial charge in [0, 0.05) is 67.8 Å². The number of piperidine rings is 2. The van der Waals surface area contributed by atoms with E-state index in [0.717, 1.165) is 92.0 Å². The molecule has 0 saturated carbocycles. The molecule has 0 aliphatic carbocycles. The highest BCUT2D eigenvalue weighted by molar-refractivity contribution is 5.66. The lowest BCUT2D eigenvalue weighted by Crippen LogP contribution is -2.38. The third-order valence-electron chi connectivity index (χ3n) is 9.70. The zero-order chi connectivity index (χ0) is 36.0. The third-order valence-corrected chi connectivity index (χ3v) is 9.70. The van der Waals surface area contributed by atoms with Crippen LogP contribution in [0.4, 0.5) is 35.3 Å². The molecule has 14 heteroatoms. The Labute approximate surface area is 307 Å². The summed E-state index contributed by atoms with van der Waals surface area (Å²) in [6.45, 7) is 6.50. The van der Waals surface area contributed by atoms with Crippen LogP contribution in [0, 0.1) is 11.8 Å². The first kappa shape index (κ1) is 33.9. The van der Waals surface area contributed by atoms with E-state index >= 15 is 0 Å². The van der Waals surface area contributed by atoms with Crippen LogP contribution in [0.5, 0.6) is 11.5 Å². The zero-order valence-electron chi connectivity index (χ0n) is 29.8. The van der Waals surface area contributed by atoms with Crippen molar-refractivity contribution in [2.45, 2.75) is 32.6 Å². The van der Waals surface area contributed by atoms with Gasteiger partial charge in [0.1, 0.15) is 34.5 Å². The molecule has 4 aromatic heterocycles. The molecule has 1 unspecified atom stereocenters. The molecule has 1 atom stereocenters. The normalized spacial score (nSPS) is 16.4. The van der Waals surface area contributed by atoms with Gasteiger partial charge in [0.15, 0.2) is 0 Å². The third kappa shape index (κ3) is 8.32. The van der Waals surface area contributed by atoms with E-state index in [4.69, 9.17) is 28.5 Å². The largest absolute Gasteiger partial charge is 0.497 e. The number of methoxy groups -OCH3 is 1. The lowest BCUT2D eigenvalue weighted by Gasteiger charge is -2.32. The summed E-state index contributed by atoms with van der Waals surface area (Å²) in [5, 5.41) is 14.9. The van der Waals surface area contributed by atoms with Gasteiger partial charge < -0.3 is 39.0 Å². The van der Waals surface area contributed by atoms with Crippen LogP contribution in [0.15, 0.2) is 94.2 Å². The summed E-state index contributed by atoms with van der Waals surface area (Å²) >= 11 is 0. The van der Waals surface area contributed by atoms with Crippen LogP contribution in [0.25, 0.3) is 22.5 Å². The van der Waals surface area contributed by atoms with Crippen molar-refractivity contribution in [3.63, 3.8) is 0 Å². The summed E-state index contributed by atoms with van der Waals surface area (Å²) in [5.74, 6) is 6.37. The van der Waals surface area contributed by atoms with Gasteiger partial charge in [-0.1, -0.05) is 17.2 Å². The highest BCUT2D eigenvalue weighted by atomic mass is 16.5. The highest BCUT2D eigenvalue weighted by Crippen LogP contribution is 2.29. The summed E-state index contributed by atoms with van der Waals surface area (Å²) in [6, 6.07) is 22.9. The van der Waals surface area contributed by atoms with E-state index in [2.05, 4.69) is 47.6 Å². The van der Waals surface area contributed by atoms with Crippen LogP contribution in [-0.2, 0) is 0 Å². The lowest BCUT2D eigenvalue weighted by atomic mass is 9.99. The fourth-order valence-electron chi connectivity index (χ4n) is 6.62. The Morgan fingerprint density at radius 1 is 0.698 bits per heavy atom. The molecule has 6 aromatic rings. The van der Waals surface area contributed by atoms with Gasteiger partial charge in [-0.15, -0.1) is 0 Å². The average molecular weight is 715 g/mol. The Hall–Kier alpha value is -6.18. The van der Waals surface area contributed by atoms with Gasteiger partial charge in [-0.25, -0.2) is 9.97 Å². The standard InChI is InChI=1S/C39H42N10O4/c1-26-15-20-48(21-16-26)38-40-17-13-34(44-38)42-36-23-33(47-52-36)29-7-11-31(12-8-29)51-25-27-4-3-19-49(24-27)39-41-18-14-35(45-39)43-37-22-32(46-53-37)28-5-9-30(50-2)10-6-28/h5-14,17-18,22-23,26-27H,3-4,15-16,19-21,24-25H2,1-2H3,(H,40,42,44)(H,41,43,45). The predicted octanol–water partition coefficient (Wildman–Crippen LogP) is 7.60. The first-order valence-corrected chi connectivity index (χ1v) is 18.1. The second-order valence-electron chi connectivity index (χ2n) is 13.6. The van der Waals surface area contributed by atoms with Crippen LogP contribution in [0.2, 0.25) is 0 Å². The molecule has 2 fully saturated rings. The Bertz CT molecular complexity index is 2090. The van der Waals surface area contributed by atoms with Crippen molar-refractivity contribution >= 4 is 35.3 Å². The highest BCUT2D eigenvalue weighted by Gasteiger charge is 2.23. The van der Waals surface area contributed by atoms with Crippen LogP contribution in [-0.4, -0.2) is 70.1 Å². The molecule has 14 nitrogen and oxygen atoms in total. The minimum Gasteiger partial charge on any atom is -0.497 e. The topological polar surface area (TPSA) is 153 Å². The van der Waals surface area contributed by atoms with Crippen molar-refractivity contribution < 1.29 is 18.5 Å². The van der Waals surface area contributed by atoms with Crippen LogP contribution in [0.1, 0.15) is 32.6 Å². The number of hydrogen-bond donors (Lipinski definition) is 2. The van der Waals surface area contributed by atoms with Crippen molar-refractivity contribution in [3.05, 3.63) is 85.2 Å². The quantitative estimate of drug-likeness (QED) is 0.128. The van der Waals surface area contributed by atoms with Crippen molar-refractivity contribution in [3.8, 4) is 34.0 Å². The van der Waals surface area contributed by atoms with E-state index in [1.165, 1.54) is 0 Å². The molecule has 2 aliphatic heterocycles. The van der Waals surface area contributed by atoms with Gasteiger partial charge in [-0.2, -0.15) is 9.97 Å². The molecule has 0 amide bonds. The van der Waals surface area contributed by atoms with Gasteiger partial charge in [0.2, 0.25) is 23.7 Å². The van der Waals surface area contributed by atoms with Gasteiger partial charge in [0.05, 0.1) is 13.7 Å². The van der Waals surface area contributed by atoms with Gasteiger partial charge >= 0.3 is 0 Å². The fourth-order valence-corrected chi connectivity index (χ4v) is 6.62. The number of nitrogens with zero attached hydrogens (tertiary/aromatic N) is 8. The SMILES string of the molecule is COc1ccc(-c2cc(Nc3ccnc(N4CCCC(COc5ccc(-c6cc(Nc7ccnc(N8CCC(C)CC8)n7)on6)cc5)C4)n3)on2)cc1.